The Kier molecular flexibility index (Phi) is 5.18. The molecule has 1 unspecified atom stereocenters. The van der Waals surface area contributed by atoms with Crippen molar-refractivity contribution in [3.63, 3.8) is 0 Å². The summed E-state index contributed by atoms with van der Waals surface area (Å²) in [6.07, 6.45) is 2.61. The van der Waals surface area contributed by atoms with Gasteiger partial charge in [-0.25, -0.2) is 13.4 Å². The Morgan fingerprint density at radius 3 is 2.57 bits per heavy atom. The molecule has 0 spiro atoms. The average Bonchev–Trinajstić information content (AvgIpc) is 2.54. The molecule has 6 nitrogen and oxygen atoms in total. The fourth-order valence-electron chi connectivity index (χ4n) is 2.50. The Morgan fingerprint density at radius 1 is 1.33 bits per heavy atom. The van der Waals surface area contributed by atoms with E-state index in [0.29, 0.717) is 29.8 Å². The Balaban J connectivity index is 2.11. The number of hydrogen-bond donors (Lipinski definition) is 1. The lowest BCUT2D eigenvalue weighted by atomic mass is 10.2. The number of sulfonamides is 1. The van der Waals surface area contributed by atoms with Gasteiger partial charge in [0.2, 0.25) is 10.0 Å². The van der Waals surface area contributed by atoms with Gasteiger partial charge in [-0.05, 0) is 19.4 Å². The van der Waals surface area contributed by atoms with Crippen LogP contribution < -0.4 is 5.32 Å². The van der Waals surface area contributed by atoms with Crippen LogP contribution in [0.1, 0.15) is 20.3 Å². The van der Waals surface area contributed by atoms with Gasteiger partial charge in [-0.1, -0.05) is 6.92 Å². The van der Waals surface area contributed by atoms with E-state index in [1.54, 1.807) is 23.5 Å². The van der Waals surface area contributed by atoms with Crippen molar-refractivity contribution in [2.24, 2.45) is 0 Å². The number of aromatic nitrogens is 1. The van der Waals surface area contributed by atoms with E-state index in [1.165, 1.54) is 6.20 Å². The predicted octanol–water partition coefficient (Wildman–Crippen LogP) is 1.23. The molecule has 21 heavy (non-hydrogen) atoms. The molecule has 1 aromatic heterocycles. The van der Waals surface area contributed by atoms with Crippen molar-refractivity contribution in [1.82, 2.24) is 14.2 Å². The highest BCUT2D eigenvalue weighted by Gasteiger charge is 2.29. The second-order valence-electron chi connectivity index (χ2n) is 5.32. The number of hydrogen-bond acceptors (Lipinski definition) is 5. The molecule has 118 valence electrons. The molecule has 1 aromatic rings. The van der Waals surface area contributed by atoms with Crippen LogP contribution in [0.2, 0.25) is 0 Å². The first kappa shape index (κ1) is 16.2. The van der Waals surface area contributed by atoms with Gasteiger partial charge in [-0.15, -0.1) is 0 Å². The highest BCUT2D eigenvalue weighted by molar-refractivity contribution is 7.89. The minimum absolute atomic E-state index is 0.304. The lowest BCUT2D eigenvalue weighted by Gasteiger charge is -2.37. The van der Waals surface area contributed by atoms with E-state index in [4.69, 9.17) is 0 Å². The smallest absolute Gasteiger partial charge is 0.243 e. The van der Waals surface area contributed by atoms with Gasteiger partial charge in [0.1, 0.15) is 5.82 Å². The van der Waals surface area contributed by atoms with Crippen LogP contribution in [0, 0.1) is 0 Å². The molecular weight excluding hydrogens is 288 g/mol. The van der Waals surface area contributed by atoms with Gasteiger partial charge in [0.25, 0.3) is 0 Å². The predicted molar refractivity (Wildman–Crippen MR) is 83.9 cm³/mol. The Morgan fingerprint density at radius 2 is 2.00 bits per heavy atom. The van der Waals surface area contributed by atoms with Gasteiger partial charge in [-0.3, -0.25) is 4.90 Å². The summed E-state index contributed by atoms with van der Waals surface area (Å²) in [5.41, 5.74) is 0. The second-order valence-corrected chi connectivity index (χ2v) is 7.26. The van der Waals surface area contributed by atoms with Crippen molar-refractivity contribution < 1.29 is 8.42 Å². The lowest BCUT2D eigenvalue weighted by molar-refractivity contribution is 0.142. The third-order valence-electron chi connectivity index (χ3n) is 4.11. The summed E-state index contributed by atoms with van der Waals surface area (Å²) < 4.78 is 26.9. The number of piperazine rings is 1. The van der Waals surface area contributed by atoms with Crippen LogP contribution in [0.15, 0.2) is 23.2 Å². The molecule has 2 rings (SSSR count). The summed E-state index contributed by atoms with van der Waals surface area (Å²) >= 11 is 0. The van der Waals surface area contributed by atoms with Crippen LogP contribution in [0.5, 0.6) is 0 Å². The van der Waals surface area contributed by atoms with Gasteiger partial charge >= 0.3 is 0 Å². The van der Waals surface area contributed by atoms with E-state index < -0.39 is 10.0 Å². The summed E-state index contributed by atoms with van der Waals surface area (Å²) in [5.74, 6) is 0.564. The lowest BCUT2D eigenvalue weighted by Crippen LogP contribution is -2.51. The summed E-state index contributed by atoms with van der Waals surface area (Å²) in [6, 6.07) is 3.64. The van der Waals surface area contributed by atoms with Crippen molar-refractivity contribution >= 4 is 15.8 Å². The fourth-order valence-corrected chi connectivity index (χ4v) is 3.94. The third-order valence-corrected chi connectivity index (χ3v) is 6.01. The van der Waals surface area contributed by atoms with E-state index in [1.807, 2.05) is 0 Å². The van der Waals surface area contributed by atoms with E-state index in [2.05, 4.69) is 29.0 Å². The molecule has 2 heterocycles. The normalized spacial score (nSPS) is 19.4. The van der Waals surface area contributed by atoms with E-state index in [9.17, 15) is 8.42 Å². The molecule has 7 heteroatoms. The molecule has 0 aliphatic carbocycles. The molecule has 1 aliphatic rings. The van der Waals surface area contributed by atoms with Crippen molar-refractivity contribution in [3.8, 4) is 0 Å². The molecule has 1 saturated heterocycles. The molecule has 0 amide bonds. The van der Waals surface area contributed by atoms with E-state index in [-0.39, 0.29) is 0 Å². The summed E-state index contributed by atoms with van der Waals surface area (Å²) in [5, 5.41) is 2.87. The van der Waals surface area contributed by atoms with Crippen molar-refractivity contribution in [2.75, 3.05) is 38.5 Å². The van der Waals surface area contributed by atoms with Gasteiger partial charge in [-0.2, -0.15) is 4.31 Å². The van der Waals surface area contributed by atoms with Crippen molar-refractivity contribution in [3.05, 3.63) is 18.3 Å². The highest BCUT2D eigenvalue weighted by atomic mass is 32.2. The van der Waals surface area contributed by atoms with Gasteiger partial charge < -0.3 is 5.32 Å². The van der Waals surface area contributed by atoms with Crippen LogP contribution in [-0.2, 0) is 10.0 Å². The average molecular weight is 312 g/mol. The molecule has 0 saturated carbocycles. The molecule has 1 fully saturated rings. The van der Waals surface area contributed by atoms with Crippen LogP contribution in [0.3, 0.4) is 0 Å². The zero-order valence-corrected chi connectivity index (χ0v) is 13.7. The van der Waals surface area contributed by atoms with Crippen molar-refractivity contribution in [1.29, 1.82) is 0 Å². The first-order valence-electron chi connectivity index (χ1n) is 7.37. The zero-order valence-electron chi connectivity index (χ0n) is 12.9. The summed E-state index contributed by atoms with van der Waals surface area (Å²) in [4.78, 5) is 6.71. The molecule has 1 aliphatic heterocycles. The Bertz CT molecular complexity index is 568. The number of rotatable bonds is 5. The SMILES string of the molecule is CCC(C)N1CCN(S(=O)(=O)c2ccnc(NC)c2)CC1. The fraction of sp³-hybridized carbons (Fsp3) is 0.643. The Labute approximate surface area is 127 Å². The summed E-state index contributed by atoms with van der Waals surface area (Å²) in [7, 11) is -1.70. The van der Waals surface area contributed by atoms with Gasteiger partial charge in [0, 0.05) is 51.5 Å². The van der Waals surface area contributed by atoms with E-state index in [0.717, 1.165) is 19.5 Å². The van der Waals surface area contributed by atoms with Crippen LogP contribution in [-0.4, -0.2) is 61.9 Å². The quantitative estimate of drug-likeness (QED) is 0.886. The minimum atomic E-state index is -3.42. The van der Waals surface area contributed by atoms with E-state index >= 15 is 0 Å². The standard InChI is InChI=1S/C14H24N4O2S/c1-4-12(2)17-7-9-18(10-8-17)21(19,20)13-5-6-16-14(11-13)15-3/h5-6,11-12H,4,7-10H2,1-3H3,(H,15,16). The molecule has 0 aromatic carbocycles. The second kappa shape index (κ2) is 6.72. The topological polar surface area (TPSA) is 65.5 Å². The first-order chi connectivity index (χ1) is 9.98. The van der Waals surface area contributed by atoms with Gasteiger partial charge in [0.15, 0.2) is 0 Å². The number of pyridine rings is 1. The monoisotopic (exact) mass is 312 g/mol. The molecule has 0 radical (unpaired) electrons. The van der Waals surface area contributed by atoms with Crippen LogP contribution in [0.4, 0.5) is 5.82 Å². The number of nitrogens with one attached hydrogen (secondary N) is 1. The molecule has 1 N–H and O–H groups in total. The minimum Gasteiger partial charge on any atom is -0.373 e. The number of nitrogens with zero attached hydrogens (tertiary/aromatic N) is 3. The Hall–Kier alpha value is -1.18. The van der Waals surface area contributed by atoms with Crippen molar-refractivity contribution in [2.45, 2.75) is 31.2 Å². The summed E-state index contributed by atoms with van der Waals surface area (Å²) in [6.45, 7) is 7.01. The van der Waals surface area contributed by atoms with Crippen LogP contribution in [0.25, 0.3) is 0 Å². The highest BCUT2D eigenvalue weighted by Crippen LogP contribution is 2.20. The largest absolute Gasteiger partial charge is 0.373 e. The molecule has 0 bridgehead atoms. The first-order valence-corrected chi connectivity index (χ1v) is 8.81. The maximum atomic E-state index is 12.7. The third kappa shape index (κ3) is 3.53. The van der Waals surface area contributed by atoms with Gasteiger partial charge in [0.05, 0.1) is 4.90 Å². The molecular formula is C14H24N4O2S. The molecule has 1 atom stereocenters. The zero-order chi connectivity index (χ0) is 15.5. The maximum Gasteiger partial charge on any atom is 0.243 e. The maximum absolute atomic E-state index is 12.7. The number of anilines is 1. The van der Waals surface area contributed by atoms with Crippen LogP contribution >= 0.6 is 0 Å².